The van der Waals surface area contributed by atoms with Crippen LogP contribution in [0.2, 0.25) is 0 Å². The SMILES string of the molecule is COc1ccc2[nH]cc([C@@H]3CCC(=O)N3c3ccccc3)c2c1. The standard InChI is InChI=1S/C19H18N2O2/c1-23-14-7-8-17-15(11-14)16(12-20-17)18-9-10-19(22)21(18)13-5-3-2-4-6-13/h2-8,11-12,18,20H,9-10H2,1H3/t18-/m0/s1. The van der Waals surface area contributed by atoms with Crippen molar-refractivity contribution in [3.8, 4) is 5.75 Å². The van der Waals surface area contributed by atoms with E-state index in [0.717, 1.165) is 34.3 Å². The second-order valence-corrected chi connectivity index (χ2v) is 5.81. The minimum atomic E-state index is 0.0609. The highest BCUT2D eigenvalue weighted by atomic mass is 16.5. The zero-order valence-corrected chi connectivity index (χ0v) is 13.0. The summed E-state index contributed by atoms with van der Waals surface area (Å²) >= 11 is 0. The van der Waals surface area contributed by atoms with Crippen molar-refractivity contribution in [2.45, 2.75) is 18.9 Å². The average molecular weight is 306 g/mol. The van der Waals surface area contributed by atoms with Gasteiger partial charge in [0.2, 0.25) is 5.91 Å². The van der Waals surface area contributed by atoms with Crippen LogP contribution in [-0.2, 0) is 4.79 Å². The lowest BCUT2D eigenvalue weighted by Gasteiger charge is -2.25. The van der Waals surface area contributed by atoms with E-state index in [4.69, 9.17) is 4.74 Å². The molecule has 1 aliphatic rings. The number of carbonyl (C=O) groups is 1. The number of benzene rings is 2. The first-order valence-corrected chi connectivity index (χ1v) is 7.80. The molecule has 116 valence electrons. The number of anilines is 1. The van der Waals surface area contributed by atoms with Crippen LogP contribution in [-0.4, -0.2) is 18.0 Å². The molecule has 3 aromatic rings. The third-order valence-electron chi connectivity index (χ3n) is 4.53. The van der Waals surface area contributed by atoms with Gasteiger partial charge in [-0.25, -0.2) is 0 Å². The van der Waals surface area contributed by atoms with Crippen LogP contribution in [0.25, 0.3) is 10.9 Å². The number of para-hydroxylation sites is 1. The predicted octanol–water partition coefficient (Wildman–Crippen LogP) is 4.04. The van der Waals surface area contributed by atoms with Gasteiger partial charge in [0.05, 0.1) is 13.2 Å². The van der Waals surface area contributed by atoms with Gasteiger partial charge in [-0.05, 0) is 36.8 Å². The van der Waals surface area contributed by atoms with E-state index in [1.165, 1.54) is 0 Å². The highest BCUT2D eigenvalue weighted by molar-refractivity contribution is 5.98. The minimum absolute atomic E-state index is 0.0609. The van der Waals surface area contributed by atoms with Crippen LogP contribution in [0.5, 0.6) is 5.75 Å². The van der Waals surface area contributed by atoms with Gasteiger partial charge >= 0.3 is 0 Å². The van der Waals surface area contributed by atoms with E-state index in [0.29, 0.717) is 6.42 Å². The van der Waals surface area contributed by atoms with E-state index in [1.807, 2.05) is 59.6 Å². The summed E-state index contributed by atoms with van der Waals surface area (Å²) < 4.78 is 5.35. The van der Waals surface area contributed by atoms with Crippen LogP contribution in [0.15, 0.2) is 54.7 Å². The van der Waals surface area contributed by atoms with Crippen molar-refractivity contribution in [2.75, 3.05) is 12.0 Å². The number of hydrogen-bond acceptors (Lipinski definition) is 2. The fourth-order valence-electron chi connectivity index (χ4n) is 3.41. The summed E-state index contributed by atoms with van der Waals surface area (Å²) in [5, 5.41) is 1.12. The van der Waals surface area contributed by atoms with Gasteiger partial charge in [0.15, 0.2) is 0 Å². The monoisotopic (exact) mass is 306 g/mol. The van der Waals surface area contributed by atoms with Crippen molar-refractivity contribution in [2.24, 2.45) is 0 Å². The van der Waals surface area contributed by atoms with Crippen molar-refractivity contribution in [3.63, 3.8) is 0 Å². The number of H-pyrrole nitrogens is 1. The number of carbonyl (C=O) groups excluding carboxylic acids is 1. The molecule has 4 nitrogen and oxygen atoms in total. The summed E-state index contributed by atoms with van der Waals surface area (Å²) in [5.41, 5.74) is 3.17. The second-order valence-electron chi connectivity index (χ2n) is 5.81. The number of fused-ring (bicyclic) bond motifs is 1. The number of nitrogens with zero attached hydrogens (tertiary/aromatic N) is 1. The molecule has 1 aromatic heterocycles. The lowest BCUT2D eigenvalue weighted by atomic mass is 10.0. The van der Waals surface area contributed by atoms with E-state index in [2.05, 4.69) is 4.98 Å². The topological polar surface area (TPSA) is 45.3 Å². The number of ether oxygens (including phenoxy) is 1. The van der Waals surface area contributed by atoms with Crippen molar-refractivity contribution in [1.82, 2.24) is 4.98 Å². The zero-order valence-electron chi connectivity index (χ0n) is 13.0. The fourth-order valence-corrected chi connectivity index (χ4v) is 3.41. The minimum Gasteiger partial charge on any atom is -0.497 e. The molecule has 1 fully saturated rings. The molecular formula is C19H18N2O2. The highest BCUT2D eigenvalue weighted by Gasteiger charge is 2.34. The number of methoxy groups -OCH3 is 1. The number of aromatic nitrogens is 1. The maximum absolute atomic E-state index is 12.4. The third-order valence-corrected chi connectivity index (χ3v) is 4.53. The molecule has 2 heterocycles. The van der Waals surface area contributed by atoms with Gasteiger partial charge < -0.3 is 14.6 Å². The van der Waals surface area contributed by atoms with Gasteiger partial charge in [-0.3, -0.25) is 4.79 Å². The highest BCUT2D eigenvalue weighted by Crippen LogP contribution is 2.40. The summed E-state index contributed by atoms with van der Waals surface area (Å²) in [4.78, 5) is 17.7. The molecule has 0 aliphatic carbocycles. The van der Waals surface area contributed by atoms with Gasteiger partial charge in [0, 0.05) is 34.8 Å². The fraction of sp³-hybridized carbons (Fsp3) is 0.211. The summed E-state index contributed by atoms with van der Waals surface area (Å²) in [5.74, 6) is 1.01. The Morgan fingerprint density at radius 1 is 1.17 bits per heavy atom. The summed E-state index contributed by atoms with van der Waals surface area (Å²) in [6.07, 6.45) is 3.43. The molecule has 1 amide bonds. The lowest BCUT2D eigenvalue weighted by molar-refractivity contribution is -0.117. The Morgan fingerprint density at radius 2 is 2.00 bits per heavy atom. The van der Waals surface area contributed by atoms with Crippen LogP contribution in [0.4, 0.5) is 5.69 Å². The van der Waals surface area contributed by atoms with Gasteiger partial charge in [-0.1, -0.05) is 18.2 Å². The van der Waals surface area contributed by atoms with Gasteiger partial charge in [-0.2, -0.15) is 0 Å². The zero-order chi connectivity index (χ0) is 15.8. The summed E-state index contributed by atoms with van der Waals surface area (Å²) in [7, 11) is 1.67. The molecule has 23 heavy (non-hydrogen) atoms. The maximum atomic E-state index is 12.4. The third kappa shape index (κ3) is 2.27. The Kier molecular flexibility index (Phi) is 3.30. The average Bonchev–Trinajstić information content (AvgIpc) is 3.18. The molecule has 1 atom stereocenters. The largest absolute Gasteiger partial charge is 0.497 e. The smallest absolute Gasteiger partial charge is 0.227 e. The first-order valence-electron chi connectivity index (χ1n) is 7.80. The molecule has 1 aliphatic heterocycles. The number of rotatable bonds is 3. The molecule has 4 rings (SSSR count). The predicted molar refractivity (Wildman–Crippen MR) is 90.8 cm³/mol. The Balaban J connectivity index is 1.81. The Hall–Kier alpha value is -2.75. The molecule has 1 N–H and O–H groups in total. The molecule has 0 radical (unpaired) electrons. The van der Waals surface area contributed by atoms with Crippen molar-refractivity contribution in [3.05, 3.63) is 60.3 Å². The second kappa shape index (κ2) is 5.47. The van der Waals surface area contributed by atoms with Crippen molar-refractivity contribution in [1.29, 1.82) is 0 Å². The molecular weight excluding hydrogens is 288 g/mol. The number of amides is 1. The van der Waals surface area contributed by atoms with Crippen molar-refractivity contribution >= 4 is 22.5 Å². The van der Waals surface area contributed by atoms with E-state index in [9.17, 15) is 4.79 Å². The number of aromatic amines is 1. The van der Waals surface area contributed by atoms with Crippen LogP contribution in [0.3, 0.4) is 0 Å². The van der Waals surface area contributed by atoms with Crippen molar-refractivity contribution < 1.29 is 9.53 Å². The Labute approximate surface area is 134 Å². The Bertz CT molecular complexity index is 854. The van der Waals surface area contributed by atoms with E-state index < -0.39 is 0 Å². The molecule has 0 spiro atoms. The first-order chi connectivity index (χ1) is 11.3. The van der Waals surface area contributed by atoms with Crippen LogP contribution >= 0.6 is 0 Å². The van der Waals surface area contributed by atoms with Crippen LogP contribution < -0.4 is 9.64 Å². The maximum Gasteiger partial charge on any atom is 0.227 e. The van der Waals surface area contributed by atoms with E-state index in [-0.39, 0.29) is 11.9 Å². The lowest BCUT2D eigenvalue weighted by Crippen LogP contribution is -2.27. The molecule has 1 saturated heterocycles. The molecule has 4 heteroatoms. The first kappa shape index (κ1) is 13.9. The van der Waals surface area contributed by atoms with E-state index >= 15 is 0 Å². The van der Waals surface area contributed by atoms with Gasteiger partial charge in [0.25, 0.3) is 0 Å². The van der Waals surface area contributed by atoms with Crippen LogP contribution in [0, 0.1) is 0 Å². The quantitative estimate of drug-likeness (QED) is 0.793. The summed E-state index contributed by atoms with van der Waals surface area (Å²) in [6, 6.07) is 15.9. The molecule has 2 aromatic carbocycles. The molecule has 0 unspecified atom stereocenters. The molecule has 0 bridgehead atoms. The van der Waals surface area contributed by atoms with Crippen LogP contribution in [0.1, 0.15) is 24.4 Å². The van der Waals surface area contributed by atoms with E-state index in [1.54, 1.807) is 7.11 Å². The normalized spacial score (nSPS) is 17.9. The van der Waals surface area contributed by atoms with Gasteiger partial charge in [-0.15, -0.1) is 0 Å². The Morgan fingerprint density at radius 3 is 2.78 bits per heavy atom. The molecule has 0 saturated carbocycles. The number of hydrogen-bond donors (Lipinski definition) is 1. The summed E-state index contributed by atoms with van der Waals surface area (Å²) in [6.45, 7) is 0. The van der Waals surface area contributed by atoms with Gasteiger partial charge in [0.1, 0.15) is 5.75 Å². The number of nitrogens with one attached hydrogen (secondary N) is 1.